The lowest BCUT2D eigenvalue weighted by molar-refractivity contribution is 0.0972. The van der Waals surface area contributed by atoms with Crippen molar-refractivity contribution < 1.29 is 4.79 Å². The van der Waals surface area contributed by atoms with Crippen LogP contribution in [0, 0.1) is 0 Å². The van der Waals surface area contributed by atoms with Gasteiger partial charge in [-0.2, -0.15) is 0 Å². The molecule has 0 atom stereocenters. The lowest BCUT2D eigenvalue weighted by Crippen LogP contribution is -2.32. The van der Waals surface area contributed by atoms with Gasteiger partial charge in [0.2, 0.25) is 0 Å². The molecule has 0 aromatic heterocycles. The molecule has 2 heteroatoms. The Morgan fingerprint density at radius 3 is 2.36 bits per heavy atom. The maximum absolute atomic E-state index is 11.6. The number of carbonyl (C=O) groups is 1. The molecule has 0 spiro atoms. The van der Waals surface area contributed by atoms with Crippen LogP contribution in [-0.4, -0.2) is 11.3 Å². The van der Waals surface area contributed by atoms with Gasteiger partial charge in [0.1, 0.15) is 0 Å². The highest BCUT2D eigenvalue weighted by Crippen LogP contribution is 2.11. The predicted octanol–water partition coefficient (Wildman–Crippen LogP) is 2.39. The van der Waals surface area contributed by atoms with Crippen LogP contribution < -0.4 is 5.73 Å². The van der Waals surface area contributed by atoms with E-state index in [2.05, 4.69) is 0 Å². The van der Waals surface area contributed by atoms with Crippen molar-refractivity contribution in [2.24, 2.45) is 5.73 Å². The summed E-state index contributed by atoms with van der Waals surface area (Å²) in [7, 11) is 0. The first-order valence-electron chi connectivity index (χ1n) is 4.86. The SMILES string of the molecule is CC(C)(N)CCC(=O)c1ccccc1. The number of Topliss-reactive ketones (excluding diaryl/α,β-unsaturated/α-hetero) is 1. The maximum Gasteiger partial charge on any atom is 0.162 e. The molecule has 0 saturated carbocycles. The lowest BCUT2D eigenvalue weighted by atomic mass is 9.96. The van der Waals surface area contributed by atoms with Gasteiger partial charge < -0.3 is 5.73 Å². The van der Waals surface area contributed by atoms with Crippen LogP contribution in [0.5, 0.6) is 0 Å². The zero-order chi connectivity index (χ0) is 10.6. The molecule has 2 nitrogen and oxygen atoms in total. The van der Waals surface area contributed by atoms with Crippen molar-refractivity contribution in [2.75, 3.05) is 0 Å². The molecule has 1 aromatic carbocycles. The fourth-order valence-electron chi connectivity index (χ4n) is 1.20. The average molecular weight is 191 g/mol. The van der Waals surface area contributed by atoms with Crippen molar-refractivity contribution in [3.63, 3.8) is 0 Å². The summed E-state index contributed by atoms with van der Waals surface area (Å²) in [4.78, 5) is 11.6. The van der Waals surface area contributed by atoms with Crippen LogP contribution in [0.4, 0.5) is 0 Å². The highest BCUT2D eigenvalue weighted by atomic mass is 16.1. The fourth-order valence-corrected chi connectivity index (χ4v) is 1.20. The molecular weight excluding hydrogens is 174 g/mol. The van der Waals surface area contributed by atoms with Crippen LogP contribution >= 0.6 is 0 Å². The molecule has 0 amide bonds. The van der Waals surface area contributed by atoms with Gasteiger partial charge in [-0.3, -0.25) is 4.79 Å². The van der Waals surface area contributed by atoms with E-state index in [9.17, 15) is 4.79 Å². The van der Waals surface area contributed by atoms with E-state index in [1.165, 1.54) is 0 Å². The van der Waals surface area contributed by atoms with Gasteiger partial charge in [-0.1, -0.05) is 30.3 Å². The third kappa shape index (κ3) is 3.71. The standard InChI is InChI=1S/C12H17NO/c1-12(2,13)9-8-11(14)10-6-4-3-5-7-10/h3-7H,8-9,13H2,1-2H3. The van der Waals surface area contributed by atoms with Crippen molar-refractivity contribution in [1.82, 2.24) is 0 Å². The monoisotopic (exact) mass is 191 g/mol. The number of hydrogen-bond donors (Lipinski definition) is 1. The minimum atomic E-state index is -0.259. The molecule has 0 saturated heterocycles. The first kappa shape index (κ1) is 10.9. The molecular formula is C12H17NO. The largest absolute Gasteiger partial charge is 0.326 e. The molecule has 0 heterocycles. The smallest absolute Gasteiger partial charge is 0.162 e. The summed E-state index contributed by atoms with van der Waals surface area (Å²) in [5.41, 5.74) is 6.32. The molecule has 2 N–H and O–H groups in total. The van der Waals surface area contributed by atoms with Gasteiger partial charge in [0.15, 0.2) is 5.78 Å². The van der Waals surface area contributed by atoms with Gasteiger partial charge in [-0.05, 0) is 20.3 Å². The molecule has 0 aliphatic carbocycles. The normalized spacial score (nSPS) is 11.4. The minimum Gasteiger partial charge on any atom is -0.326 e. The Kier molecular flexibility index (Phi) is 3.42. The summed E-state index contributed by atoms with van der Waals surface area (Å²) in [6.07, 6.45) is 1.24. The highest BCUT2D eigenvalue weighted by Gasteiger charge is 2.13. The molecule has 14 heavy (non-hydrogen) atoms. The van der Waals surface area contributed by atoms with Gasteiger partial charge in [0, 0.05) is 17.5 Å². The first-order valence-corrected chi connectivity index (χ1v) is 4.86. The minimum absolute atomic E-state index is 0.170. The second-order valence-corrected chi connectivity index (χ2v) is 4.28. The van der Waals surface area contributed by atoms with Gasteiger partial charge >= 0.3 is 0 Å². The zero-order valence-corrected chi connectivity index (χ0v) is 8.79. The van der Waals surface area contributed by atoms with Crippen LogP contribution in [-0.2, 0) is 0 Å². The summed E-state index contributed by atoms with van der Waals surface area (Å²) in [5.74, 6) is 0.170. The Hall–Kier alpha value is -1.15. The van der Waals surface area contributed by atoms with E-state index in [-0.39, 0.29) is 11.3 Å². The fraction of sp³-hybridized carbons (Fsp3) is 0.417. The molecule has 0 fully saturated rings. The molecule has 0 unspecified atom stereocenters. The number of benzene rings is 1. The van der Waals surface area contributed by atoms with E-state index in [1.807, 2.05) is 44.2 Å². The molecule has 1 rings (SSSR count). The summed E-state index contributed by atoms with van der Waals surface area (Å²) in [6, 6.07) is 9.34. The molecule has 0 radical (unpaired) electrons. The Morgan fingerprint density at radius 2 is 1.86 bits per heavy atom. The molecule has 0 aliphatic rings. The maximum atomic E-state index is 11.6. The first-order chi connectivity index (χ1) is 6.49. The lowest BCUT2D eigenvalue weighted by Gasteiger charge is -2.17. The van der Waals surface area contributed by atoms with E-state index < -0.39 is 0 Å². The molecule has 0 bridgehead atoms. The number of carbonyl (C=O) groups excluding carboxylic acids is 1. The summed E-state index contributed by atoms with van der Waals surface area (Å²) in [6.45, 7) is 3.87. The number of nitrogens with two attached hydrogens (primary N) is 1. The average Bonchev–Trinajstić information content (AvgIpc) is 2.14. The van der Waals surface area contributed by atoms with E-state index >= 15 is 0 Å². The van der Waals surface area contributed by atoms with E-state index in [4.69, 9.17) is 5.73 Å². The zero-order valence-electron chi connectivity index (χ0n) is 8.79. The Labute approximate surface area is 85.1 Å². The Morgan fingerprint density at radius 1 is 1.29 bits per heavy atom. The predicted molar refractivity (Wildman–Crippen MR) is 58.3 cm³/mol. The Bertz CT molecular complexity index is 298. The van der Waals surface area contributed by atoms with Gasteiger partial charge in [-0.15, -0.1) is 0 Å². The third-order valence-corrected chi connectivity index (χ3v) is 2.09. The van der Waals surface area contributed by atoms with Crippen molar-refractivity contribution in [3.8, 4) is 0 Å². The van der Waals surface area contributed by atoms with Crippen LogP contribution in [0.2, 0.25) is 0 Å². The van der Waals surface area contributed by atoms with Crippen molar-refractivity contribution in [2.45, 2.75) is 32.2 Å². The van der Waals surface area contributed by atoms with Gasteiger partial charge in [0.25, 0.3) is 0 Å². The van der Waals surface area contributed by atoms with Gasteiger partial charge in [-0.25, -0.2) is 0 Å². The quantitative estimate of drug-likeness (QED) is 0.742. The van der Waals surface area contributed by atoms with Crippen molar-refractivity contribution >= 4 is 5.78 Å². The van der Waals surface area contributed by atoms with Crippen LogP contribution in [0.15, 0.2) is 30.3 Å². The highest BCUT2D eigenvalue weighted by molar-refractivity contribution is 5.95. The van der Waals surface area contributed by atoms with Crippen molar-refractivity contribution in [3.05, 3.63) is 35.9 Å². The number of ketones is 1. The summed E-state index contributed by atoms with van der Waals surface area (Å²) >= 11 is 0. The number of hydrogen-bond acceptors (Lipinski definition) is 2. The van der Waals surface area contributed by atoms with Crippen LogP contribution in [0.1, 0.15) is 37.0 Å². The van der Waals surface area contributed by atoms with Crippen molar-refractivity contribution in [1.29, 1.82) is 0 Å². The van der Waals surface area contributed by atoms with Crippen LogP contribution in [0.3, 0.4) is 0 Å². The number of rotatable bonds is 4. The van der Waals surface area contributed by atoms with E-state index in [0.29, 0.717) is 6.42 Å². The topological polar surface area (TPSA) is 43.1 Å². The molecule has 1 aromatic rings. The summed E-state index contributed by atoms with van der Waals surface area (Å²) < 4.78 is 0. The van der Waals surface area contributed by atoms with E-state index in [1.54, 1.807) is 0 Å². The van der Waals surface area contributed by atoms with Gasteiger partial charge in [0.05, 0.1) is 0 Å². The second-order valence-electron chi connectivity index (χ2n) is 4.28. The Balaban J connectivity index is 2.52. The second kappa shape index (κ2) is 4.38. The molecule has 0 aliphatic heterocycles. The van der Waals surface area contributed by atoms with Crippen LogP contribution in [0.25, 0.3) is 0 Å². The third-order valence-electron chi connectivity index (χ3n) is 2.09. The molecule has 76 valence electrons. The summed E-state index contributed by atoms with van der Waals surface area (Å²) in [5, 5.41) is 0. The van der Waals surface area contributed by atoms with E-state index in [0.717, 1.165) is 12.0 Å².